The average molecular weight is 569 g/mol. The molecule has 1 N–H and O–H groups in total. The van der Waals surface area contributed by atoms with Gasteiger partial charge in [0.1, 0.15) is 11.8 Å². The van der Waals surface area contributed by atoms with E-state index in [2.05, 4.69) is 28.1 Å². The third-order valence-electron chi connectivity index (χ3n) is 7.59. The van der Waals surface area contributed by atoms with Crippen molar-refractivity contribution in [1.82, 2.24) is 14.8 Å². The van der Waals surface area contributed by atoms with Crippen LogP contribution in [0.2, 0.25) is 10.0 Å². The van der Waals surface area contributed by atoms with E-state index in [9.17, 15) is 4.79 Å². The van der Waals surface area contributed by atoms with Gasteiger partial charge in [0.25, 0.3) is 0 Å². The molecule has 3 aliphatic rings. The molecule has 6 rings (SSSR count). The molecule has 2 unspecified atom stereocenters. The number of ether oxygens (including phenoxy) is 3. The SMILES string of the molecule is O=C(Oc1ccc(Cl)cc1)N1CCc2c([nH]c3ccc(Cl)cc23)C1C1=CCC(OCCN2CCOCC2)C=C1. The van der Waals surface area contributed by atoms with Gasteiger partial charge in [0.15, 0.2) is 0 Å². The van der Waals surface area contributed by atoms with E-state index in [-0.39, 0.29) is 12.1 Å². The Bertz CT molecular complexity index is 1400. The zero-order valence-corrected chi connectivity index (χ0v) is 23.1. The molecule has 2 aliphatic heterocycles. The van der Waals surface area contributed by atoms with Crippen molar-refractivity contribution in [1.29, 1.82) is 0 Å². The molecule has 1 fully saturated rings. The van der Waals surface area contributed by atoms with E-state index >= 15 is 0 Å². The number of fused-ring (bicyclic) bond motifs is 3. The maximum Gasteiger partial charge on any atom is 0.416 e. The summed E-state index contributed by atoms with van der Waals surface area (Å²) in [6.07, 6.45) is 7.42. The van der Waals surface area contributed by atoms with E-state index < -0.39 is 6.09 Å². The number of halogens is 2. The summed E-state index contributed by atoms with van der Waals surface area (Å²) in [7, 11) is 0. The highest BCUT2D eigenvalue weighted by Gasteiger charge is 2.37. The lowest BCUT2D eigenvalue weighted by molar-refractivity contribution is 0.0116. The Morgan fingerprint density at radius 1 is 1.05 bits per heavy atom. The number of morpholine rings is 1. The average Bonchev–Trinajstić information content (AvgIpc) is 3.32. The molecule has 1 amide bonds. The quantitative estimate of drug-likeness (QED) is 0.385. The van der Waals surface area contributed by atoms with E-state index in [4.69, 9.17) is 37.4 Å². The van der Waals surface area contributed by atoms with Crippen molar-refractivity contribution in [2.45, 2.75) is 25.0 Å². The number of carbonyl (C=O) groups excluding carboxylic acids is 1. The first-order valence-electron chi connectivity index (χ1n) is 13.4. The Morgan fingerprint density at radius 3 is 2.62 bits per heavy atom. The van der Waals surface area contributed by atoms with Crippen LogP contribution in [0.5, 0.6) is 5.75 Å². The summed E-state index contributed by atoms with van der Waals surface area (Å²) in [5.74, 6) is 0.458. The second-order valence-corrected chi connectivity index (χ2v) is 10.9. The third kappa shape index (κ3) is 5.88. The molecule has 0 saturated carbocycles. The molecule has 0 spiro atoms. The van der Waals surface area contributed by atoms with Crippen molar-refractivity contribution < 1.29 is 19.0 Å². The molecule has 0 bridgehead atoms. The molecular formula is C30H31Cl2N3O4. The number of hydrogen-bond acceptors (Lipinski definition) is 5. The molecule has 204 valence electrons. The number of benzene rings is 2. The number of H-pyrrole nitrogens is 1. The summed E-state index contributed by atoms with van der Waals surface area (Å²) in [4.78, 5) is 21.2. The maximum absolute atomic E-state index is 13.5. The largest absolute Gasteiger partial charge is 0.416 e. The van der Waals surface area contributed by atoms with E-state index in [1.165, 1.54) is 5.56 Å². The Kier molecular flexibility index (Phi) is 7.95. The van der Waals surface area contributed by atoms with Gasteiger partial charge in [0.05, 0.1) is 25.9 Å². The summed E-state index contributed by atoms with van der Waals surface area (Å²) in [5, 5.41) is 2.38. The van der Waals surface area contributed by atoms with Gasteiger partial charge < -0.3 is 19.2 Å². The lowest BCUT2D eigenvalue weighted by Crippen LogP contribution is -2.42. The predicted octanol–water partition coefficient (Wildman–Crippen LogP) is 6.18. The Hall–Kier alpha value is -2.81. The molecule has 1 aliphatic carbocycles. The minimum absolute atomic E-state index is 0.00819. The number of carbonyl (C=O) groups is 1. The van der Waals surface area contributed by atoms with Crippen LogP contribution in [-0.2, 0) is 15.9 Å². The molecule has 9 heteroatoms. The zero-order valence-electron chi connectivity index (χ0n) is 21.6. The summed E-state index contributed by atoms with van der Waals surface area (Å²) < 4.78 is 17.4. The Labute approximate surface area is 237 Å². The van der Waals surface area contributed by atoms with Gasteiger partial charge in [-0.15, -0.1) is 0 Å². The number of rotatable bonds is 6. The third-order valence-corrected chi connectivity index (χ3v) is 8.08. The zero-order chi connectivity index (χ0) is 26.8. The van der Waals surface area contributed by atoms with Crippen molar-refractivity contribution in [3.63, 3.8) is 0 Å². The van der Waals surface area contributed by atoms with Crippen LogP contribution in [0.15, 0.2) is 66.3 Å². The molecule has 3 heterocycles. The van der Waals surface area contributed by atoms with E-state index in [1.54, 1.807) is 29.2 Å². The van der Waals surface area contributed by atoms with Gasteiger partial charge in [-0.25, -0.2) is 4.79 Å². The highest BCUT2D eigenvalue weighted by Crippen LogP contribution is 2.41. The van der Waals surface area contributed by atoms with E-state index in [0.717, 1.165) is 61.4 Å². The van der Waals surface area contributed by atoms with Gasteiger partial charge in [0, 0.05) is 52.8 Å². The normalized spacial score (nSPS) is 21.6. The van der Waals surface area contributed by atoms with Crippen LogP contribution in [0.1, 0.15) is 23.7 Å². The number of hydrogen-bond donors (Lipinski definition) is 1. The Morgan fingerprint density at radius 2 is 1.85 bits per heavy atom. The molecule has 1 saturated heterocycles. The van der Waals surface area contributed by atoms with Gasteiger partial charge in [0.2, 0.25) is 0 Å². The number of aromatic amines is 1. The Balaban J connectivity index is 1.22. The summed E-state index contributed by atoms with van der Waals surface area (Å²) in [5.41, 5.74) is 4.22. The van der Waals surface area contributed by atoms with Gasteiger partial charge in [-0.1, -0.05) is 41.4 Å². The fraction of sp³-hybridized carbons (Fsp3) is 0.367. The van der Waals surface area contributed by atoms with Gasteiger partial charge in [-0.3, -0.25) is 9.80 Å². The number of nitrogens with zero attached hydrogens (tertiary/aromatic N) is 2. The molecule has 2 atom stereocenters. The maximum atomic E-state index is 13.5. The van der Waals surface area contributed by atoms with Crippen LogP contribution >= 0.6 is 23.2 Å². The minimum atomic E-state index is -0.400. The van der Waals surface area contributed by atoms with Crippen molar-refractivity contribution >= 4 is 40.2 Å². The minimum Gasteiger partial charge on any atom is -0.410 e. The van der Waals surface area contributed by atoms with E-state index in [1.807, 2.05) is 18.2 Å². The number of aromatic nitrogens is 1. The van der Waals surface area contributed by atoms with Crippen LogP contribution < -0.4 is 4.74 Å². The summed E-state index contributed by atoms with van der Waals surface area (Å²) in [6.45, 7) is 5.58. The fourth-order valence-corrected chi connectivity index (χ4v) is 5.87. The highest BCUT2D eigenvalue weighted by molar-refractivity contribution is 6.31. The number of amides is 1. The number of nitrogens with one attached hydrogen (secondary N) is 1. The molecule has 7 nitrogen and oxygen atoms in total. The van der Waals surface area contributed by atoms with Crippen molar-refractivity contribution in [2.24, 2.45) is 0 Å². The molecule has 1 aromatic heterocycles. The molecular weight excluding hydrogens is 537 g/mol. The van der Waals surface area contributed by atoms with Crippen LogP contribution in [0.25, 0.3) is 10.9 Å². The van der Waals surface area contributed by atoms with Crippen molar-refractivity contribution in [2.75, 3.05) is 46.0 Å². The van der Waals surface area contributed by atoms with Gasteiger partial charge >= 0.3 is 6.09 Å². The van der Waals surface area contributed by atoms with Crippen molar-refractivity contribution in [3.05, 3.63) is 87.6 Å². The fourth-order valence-electron chi connectivity index (χ4n) is 5.57. The monoisotopic (exact) mass is 567 g/mol. The highest BCUT2D eigenvalue weighted by atomic mass is 35.5. The van der Waals surface area contributed by atoms with Crippen LogP contribution in [-0.4, -0.2) is 73.0 Å². The lowest BCUT2D eigenvalue weighted by atomic mass is 9.89. The van der Waals surface area contributed by atoms with E-state index in [0.29, 0.717) is 35.4 Å². The van der Waals surface area contributed by atoms with Crippen molar-refractivity contribution in [3.8, 4) is 5.75 Å². The van der Waals surface area contributed by atoms with Crippen LogP contribution in [0.4, 0.5) is 4.79 Å². The first-order valence-corrected chi connectivity index (χ1v) is 14.1. The lowest BCUT2D eigenvalue weighted by Gasteiger charge is -2.36. The second-order valence-electron chi connectivity index (χ2n) is 10.0. The predicted molar refractivity (Wildman–Crippen MR) is 153 cm³/mol. The topological polar surface area (TPSA) is 67.0 Å². The molecule has 39 heavy (non-hydrogen) atoms. The summed E-state index contributed by atoms with van der Waals surface area (Å²) >= 11 is 12.4. The van der Waals surface area contributed by atoms with Crippen LogP contribution in [0.3, 0.4) is 0 Å². The second kappa shape index (κ2) is 11.7. The molecule has 2 aromatic carbocycles. The first kappa shape index (κ1) is 26.4. The first-order chi connectivity index (χ1) is 19.0. The van der Waals surface area contributed by atoms with Gasteiger partial charge in [-0.05, 0) is 66.4 Å². The standard InChI is InChI=1S/C30H31Cl2N3O4/c31-21-3-8-24(9-4-21)39-30(36)35-12-11-25-26-19-22(32)5-10-27(26)33-28(25)29(35)20-1-6-23(7-2-20)38-18-15-34-13-16-37-17-14-34/h1-6,8-10,19,23,29,33H,7,11-18H2. The van der Waals surface area contributed by atoms with Crippen LogP contribution in [0, 0.1) is 0 Å². The summed E-state index contributed by atoms with van der Waals surface area (Å²) in [6, 6.07) is 12.4. The molecule has 3 aromatic rings. The smallest absolute Gasteiger partial charge is 0.410 e. The van der Waals surface area contributed by atoms with Gasteiger partial charge in [-0.2, -0.15) is 0 Å². The molecule has 0 radical (unpaired) electrons.